The first-order valence-electron chi connectivity index (χ1n) is 8.86. The standard InChI is InChI=1S/C19H24N4S/c1-22-18(17(21-19(22)24)15-10-5-6-12-20-15)16-11-7-13-23(16)14-8-3-2-4-9-14/h5-7,10-14,17-18H,2-4,8-9H2,1H3,(H,21,24)/t17-,18-/m0/s1. The molecule has 2 aliphatic rings. The zero-order valence-corrected chi connectivity index (χ0v) is 14.9. The zero-order chi connectivity index (χ0) is 16.5. The zero-order valence-electron chi connectivity index (χ0n) is 14.1. The number of nitrogens with one attached hydrogen (secondary N) is 1. The Balaban J connectivity index is 1.71. The molecule has 2 aromatic heterocycles. The van der Waals surface area contributed by atoms with Crippen molar-refractivity contribution in [3.8, 4) is 0 Å². The molecule has 1 saturated carbocycles. The number of aromatic nitrogens is 2. The summed E-state index contributed by atoms with van der Waals surface area (Å²) < 4.78 is 2.49. The van der Waals surface area contributed by atoms with Crippen LogP contribution in [0, 0.1) is 0 Å². The van der Waals surface area contributed by atoms with Crippen LogP contribution in [0.4, 0.5) is 0 Å². The van der Waals surface area contributed by atoms with E-state index in [0.29, 0.717) is 6.04 Å². The highest BCUT2D eigenvalue weighted by Crippen LogP contribution is 2.40. The number of rotatable bonds is 3. The van der Waals surface area contributed by atoms with Crippen molar-refractivity contribution in [2.45, 2.75) is 50.2 Å². The van der Waals surface area contributed by atoms with Crippen molar-refractivity contribution in [1.29, 1.82) is 0 Å². The van der Waals surface area contributed by atoms with Crippen molar-refractivity contribution in [3.63, 3.8) is 0 Å². The second-order valence-electron chi connectivity index (χ2n) is 6.87. The van der Waals surface area contributed by atoms with E-state index in [9.17, 15) is 0 Å². The lowest BCUT2D eigenvalue weighted by Gasteiger charge is -2.30. The number of hydrogen-bond acceptors (Lipinski definition) is 2. The summed E-state index contributed by atoms with van der Waals surface area (Å²) in [4.78, 5) is 6.76. The SMILES string of the molecule is CN1C(=S)N[C@@H](c2ccccn2)[C@@H]1c1cccn1C1CCCCC1. The lowest BCUT2D eigenvalue weighted by Crippen LogP contribution is -2.27. The highest BCUT2D eigenvalue weighted by Gasteiger charge is 2.39. The van der Waals surface area contributed by atoms with E-state index in [2.05, 4.69) is 51.2 Å². The molecule has 5 heteroatoms. The van der Waals surface area contributed by atoms with Gasteiger partial charge in [-0.15, -0.1) is 0 Å². The number of likely N-dealkylation sites (N-methyl/N-ethyl adjacent to an activating group) is 1. The van der Waals surface area contributed by atoms with Gasteiger partial charge in [-0.05, 0) is 49.3 Å². The van der Waals surface area contributed by atoms with Crippen LogP contribution < -0.4 is 5.32 Å². The minimum atomic E-state index is 0.0981. The van der Waals surface area contributed by atoms with Crippen LogP contribution in [0.15, 0.2) is 42.7 Å². The van der Waals surface area contributed by atoms with Crippen LogP contribution in [0.2, 0.25) is 0 Å². The topological polar surface area (TPSA) is 33.1 Å². The van der Waals surface area contributed by atoms with E-state index in [-0.39, 0.29) is 12.1 Å². The molecule has 1 N–H and O–H groups in total. The first-order valence-corrected chi connectivity index (χ1v) is 9.27. The summed E-state index contributed by atoms with van der Waals surface area (Å²) >= 11 is 5.55. The third-order valence-corrected chi connectivity index (χ3v) is 5.83. The minimum Gasteiger partial charge on any atom is -0.352 e. The van der Waals surface area contributed by atoms with Crippen molar-refractivity contribution in [2.75, 3.05) is 7.05 Å². The van der Waals surface area contributed by atoms with Gasteiger partial charge >= 0.3 is 0 Å². The highest BCUT2D eigenvalue weighted by atomic mass is 32.1. The highest BCUT2D eigenvalue weighted by molar-refractivity contribution is 7.80. The Morgan fingerprint density at radius 2 is 1.96 bits per heavy atom. The summed E-state index contributed by atoms with van der Waals surface area (Å²) in [5.41, 5.74) is 2.39. The van der Waals surface area contributed by atoms with Crippen LogP contribution in [0.5, 0.6) is 0 Å². The van der Waals surface area contributed by atoms with Gasteiger partial charge in [0.25, 0.3) is 0 Å². The molecule has 1 aliphatic carbocycles. The molecule has 2 atom stereocenters. The molecular weight excluding hydrogens is 316 g/mol. The van der Waals surface area contributed by atoms with E-state index in [1.165, 1.54) is 37.8 Å². The molecule has 1 aliphatic heterocycles. The van der Waals surface area contributed by atoms with E-state index < -0.39 is 0 Å². The van der Waals surface area contributed by atoms with Crippen LogP contribution >= 0.6 is 12.2 Å². The molecule has 24 heavy (non-hydrogen) atoms. The van der Waals surface area contributed by atoms with Gasteiger partial charge in [0.05, 0.1) is 17.8 Å². The van der Waals surface area contributed by atoms with Gasteiger partial charge in [-0.2, -0.15) is 0 Å². The first-order chi connectivity index (χ1) is 11.8. The fraction of sp³-hybridized carbons (Fsp3) is 0.474. The van der Waals surface area contributed by atoms with Crippen molar-refractivity contribution in [3.05, 3.63) is 54.1 Å². The predicted molar refractivity (Wildman–Crippen MR) is 99.8 cm³/mol. The first kappa shape index (κ1) is 15.6. The Morgan fingerprint density at radius 1 is 1.12 bits per heavy atom. The average Bonchev–Trinajstić information content (AvgIpc) is 3.22. The Bertz CT molecular complexity index is 705. The Labute approximate surface area is 148 Å². The predicted octanol–water partition coefficient (Wildman–Crippen LogP) is 3.99. The van der Waals surface area contributed by atoms with Gasteiger partial charge < -0.3 is 14.8 Å². The minimum absolute atomic E-state index is 0.0981. The summed E-state index contributed by atoms with van der Waals surface area (Å²) in [6.45, 7) is 0. The monoisotopic (exact) mass is 340 g/mol. The molecule has 4 rings (SSSR count). The van der Waals surface area contributed by atoms with Gasteiger partial charge in [0.2, 0.25) is 0 Å². The fourth-order valence-corrected chi connectivity index (χ4v) is 4.42. The van der Waals surface area contributed by atoms with Crippen LogP contribution in [-0.4, -0.2) is 26.6 Å². The van der Waals surface area contributed by atoms with E-state index in [0.717, 1.165) is 10.8 Å². The molecule has 0 bridgehead atoms. The van der Waals surface area contributed by atoms with Gasteiger partial charge in [0.15, 0.2) is 5.11 Å². The van der Waals surface area contributed by atoms with E-state index >= 15 is 0 Å². The summed E-state index contributed by atoms with van der Waals surface area (Å²) in [7, 11) is 2.08. The fourth-order valence-electron chi connectivity index (χ4n) is 4.18. The molecule has 4 nitrogen and oxygen atoms in total. The molecule has 126 valence electrons. The van der Waals surface area contributed by atoms with Crippen LogP contribution in [-0.2, 0) is 0 Å². The molecule has 0 spiro atoms. The molecule has 0 aromatic carbocycles. The van der Waals surface area contributed by atoms with Crippen molar-refractivity contribution in [1.82, 2.24) is 19.8 Å². The van der Waals surface area contributed by atoms with Crippen molar-refractivity contribution in [2.24, 2.45) is 0 Å². The Hall–Kier alpha value is -1.88. The number of pyridine rings is 1. The normalized spacial score (nSPS) is 25.0. The third-order valence-electron chi connectivity index (χ3n) is 5.42. The number of nitrogens with zero attached hydrogens (tertiary/aromatic N) is 3. The lowest BCUT2D eigenvalue weighted by molar-refractivity contribution is 0.304. The molecule has 1 saturated heterocycles. The molecule has 0 radical (unpaired) electrons. The van der Waals surface area contributed by atoms with Gasteiger partial charge in [0.1, 0.15) is 0 Å². The molecular formula is C19H24N4S. The number of hydrogen-bond donors (Lipinski definition) is 1. The van der Waals surface area contributed by atoms with Gasteiger partial charge in [-0.25, -0.2) is 0 Å². The second-order valence-corrected chi connectivity index (χ2v) is 7.26. The van der Waals surface area contributed by atoms with Crippen LogP contribution in [0.25, 0.3) is 0 Å². The van der Waals surface area contributed by atoms with Gasteiger partial charge in [0, 0.05) is 31.2 Å². The summed E-state index contributed by atoms with van der Waals surface area (Å²) in [6.07, 6.45) is 10.7. The van der Waals surface area contributed by atoms with Crippen LogP contribution in [0.3, 0.4) is 0 Å². The molecule has 3 heterocycles. The smallest absolute Gasteiger partial charge is 0.169 e. The summed E-state index contributed by atoms with van der Waals surface area (Å²) in [6, 6.07) is 11.4. The Morgan fingerprint density at radius 3 is 2.71 bits per heavy atom. The van der Waals surface area contributed by atoms with E-state index in [4.69, 9.17) is 12.2 Å². The third kappa shape index (κ3) is 2.71. The van der Waals surface area contributed by atoms with Crippen molar-refractivity contribution < 1.29 is 0 Å². The summed E-state index contributed by atoms with van der Waals surface area (Å²) in [5.74, 6) is 0. The average molecular weight is 340 g/mol. The lowest BCUT2D eigenvalue weighted by atomic mass is 9.94. The largest absolute Gasteiger partial charge is 0.352 e. The molecule has 0 unspecified atom stereocenters. The summed E-state index contributed by atoms with van der Waals surface area (Å²) in [5, 5.41) is 4.27. The van der Waals surface area contributed by atoms with E-state index in [1.807, 2.05) is 18.3 Å². The van der Waals surface area contributed by atoms with Crippen LogP contribution in [0.1, 0.15) is 61.6 Å². The second kappa shape index (κ2) is 6.55. The van der Waals surface area contributed by atoms with E-state index in [1.54, 1.807) is 0 Å². The maximum atomic E-state index is 5.55. The maximum absolute atomic E-state index is 5.55. The van der Waals surface area contributed by atoms with Crippen molar-refractivity contribution >= 4 is 17.3 Å². The molecule has 2 fully saturated rings. The van der Waals surface area contributed by atoms with Gasteiger partial charge in [-0.1, -0.05) is 25.3 Å². The Kier molecular flexibility index (Phi) is 4.27. The molecule has 2 aromatic rings. The maximum Gasteiger partial charge on any atom is 0.169 e. The number of thiocarbonyl (C=S) groups is 1. The molecule has 0 amide bonds. The quantitative estimate of drug-likeness (QED) is 0.857. The van der Waals surface area contributed by atoms with Gasteiger partial charge in [-0.3, -0.25) is 4.98 Å².